The van der Waals surface area contributed by atoms with E-state index < -0.39 is 0 Å². The molecule has 1 fully saturated rings. The molecule has 0 radical (unpaired) electrons. The van der Waals surface area contributed by atoms with Crippen molar-refractivity contribution in [3.63, 3.8) is 0 Å². The van der Waals surface area contributed by atoms with Crippen molar-refractivity contribution in [1.82, 2.24) is 5.32 Å². The highest BCUT2D eigenvalue weighted by atomic mass is 32.1. The normalized spacial score (nSPS) is 17.1. The van der Waals surface area contributed by atoms with E-state index in [1.165, 1.54) is 23.3 Å². The second-order valence-electron chi connectivity index (χ2n) is 8.52. The fourth-order valence-electron chi connectivity index (χ4n) is 4.59. The fourth-order valence-corrected chi connectivity index (χ4v) is 5.89. The predicted octanol–water partition coefficient (Wildman–Crippen LogP) is 3.74. The summed E-state index contributed by atoms with van der Waals surface area (Å²) in [6, 6.07) is 3.52. The van der Waals surface area contributed by atoms with Crippen molar-refractivity contribution in [2.24, 2.45) is 0 Å². The van der Waals surface area contributed by atoms with Crippen LogP contribution >= 0.6 is 11.3 Å². The van der Waals surface area contributed by atoms with Gasteiger partial charge in [-0.1, -0.05) is 0 Å². The molecular weight excluding hydrogens is 456 g/mol. The molecule has 2 aliphatic rings. The van der Waals surface area contributed by atoms with Crippen LogP contribution in [0.15, 0.2) is 12.1 Å². The van der Waals surface area contributed by atoms with Crippen LogP contribution in [0, 0.1) is 0 Å². The monoisotopic (exact) mass is 488 g/mol. The molecule has 9 heteroatoms. The number of nitrogens with one attached hydrogen (secondary N) is 2. The van der Waals surface area contributed by atoms with Crippen LogP contribution in [0.2, 0.25) is 0 Å². The van der Waals surface area contributed by atoms with Crippen LogP contribution in [-0.2, 0) is 28.8 Å². The molecule has 184 valence electrons. The number of methoxy groups -OCH3 is 3. The molecule has 0 bridgehead atoms. The smallest absolute Gasteiger partial charge is 0.254 e. The quantitative estimate of drug-likeness (QED) is 0.558. The van der Waals surface area contributed by atoms with Gasteiger partial charge in [0.25, 0.3) is 5.91 Å². The summed E-state index contributed by atoms with van der Waals surface area (Å²) in [5, 5.41) is 6.65. The lowest BCUT2D eigenvalue weighted by atomic mass is 9.95. The van der Waals surface area contributed by atoms with Gasteiger partial charge in [0.1, 0.15) is 5.00 Å². The molecule has 1 aromatic carbocycles. The molecule has 4 rings (SSSR count). The maximum Gasteiger partial charge on any atom is 0.254 e. The summed E-state index contributed by atoms with van der Waals surface area (Å²) in [5.41, 5.74) is 2.40. The van der Waals surface area contributed by atoms with Crippen molar-refractivity contribution in [2.75, 3.05) is 39.8 Å². The molecule has 8 nitrogen and oxygen atoms in total. The zero-order valence-corrected chi connectivity index (χ0v) is 20.8. The number of rotatable bonds is 9. The summed E-state index contributed by atoms with van der Waals surface area (Å²) in [4.78, 5) is 27.4. The summed E-state index contributed by atoms with van der Waals surface area (Å²) in [7, 11) is 4.62. The Morgan fingerprint density at radius 3 is 2.44 bits per heavy atom. The topological polar surface area (TPSA) is 95.1 Å². The number of ether oxygens (including phenoxy) is 4. The summed E-state index contributed by atoms with van der Waals surface area (Å²) in [5.74, 6) is 1.11. The number of amides is 2. The van der Waals surface area contributed by atoms with Crippen LogP contribution in [0.1, 0.15) is 52.0 Å². The molecule has 1 aromatic heterocycles. The van der Waals surface area contributed by atoms with Gasteiger partial charge in [-0.05, 0) is 61.8 Å². The number of fused-ring (bicyclic) bond motifs is 1. The Balaban J connectivity index is 1.52. The van der Waals surface area contributed by atoms with Gasteiger partial charge in [-0.2, -0.15) is 0 Å². The Bertz CT molecular complexity index is 1020. The zero-order valence-electron chi connectivity index (χ0n) is 20.0. The van der Waals surface area contributed by atoms with Gasteiger partial charge < -0.3 is 29.6 Å². The molecule has 1 aliphatic heterocycles. The summed E-state index contributed by atoms with van der Waals surface area (Å²) >= 11 is 1.52. The van der Waals surface area contributed by atoms with Gasteiger partial charge in [0.15, 0.2) is 11.5 Å². The lowest BCUT2D eigenvalue weighted by Gasteiger charge is -2.15. The van der Waals surface area contributed by atoms with Gasteiger partial charge in [-0.15, -0.1) is 11.3 Å². The summed E-state index contributed by atoms with van der Waals surface area (Å²) < 4.78 is 21.8. The highest BCUT2D eigenvalue weighted by Gasteiger charge is 2.27. The molecule has 0 saturated carbocycles. The number of anilines is 1. The van der Waals surface area contributed by atoms with E-state index in [-0.39, 0.29) is 24.3 Å². The first kappa shape index (κ1) is 24.3. The average Bonchev–Trinajstić information content (AvgIpc) is 3.49. The predicted molar refractivity (Wildman–Crippen MR) is 131 cm³/mol. The van der Waals surface area contributed by atoms with E-state index in [9.17, 15) is 9.59 Å². The highest BCUT2D eigenvalue weighted by molar-refractivity contribution is 7.17. The molecule has 2 aromatic rings. The highest BCUT2D eigenvalue weighted by Crippen LogP contribution is 2.40. The van der Waals surface area contributed by atoms with Crippen LogP contribution in [0.25, 0.3) is 0 Å². The van der Waals surface area contributed by atoms with Gasteiger partial charge in [-0.25, -0.2) is 0 Å². The van der Waals surface area contributed by atoms with Crippen LogP contribution in [0.5, 0.6) is 17.2 Å². The second-order valence-corrected chi connectivity index (χ2v) is 9.62. The van der Waals surface area contributed by atoms with E-state index in [0.717, 1.165) is 56.3 Å². The van der Waals surface area contributed by atoms with E-state index in [1.807, 2.05) is 0 Å². The lowest BCUT2D eigenvalue weighted by Crippen LogP contribution is -2.32. The number of hydrogen-bond acceptors (Lipinski definition) is 7. The number of carbonyl (C=O) groups is 2. The van der Waals surface area contributed by atoms with Crippen molar-refractivity contribution in [3.8, 4) is 17.2 Å². The standard InChI is InChI=1S/C25H32N2O6S/c1-30-18-11-15(12-19(31-2)23(18)32-3)13-21(28)27-25-22(17-8-4-5-9-20(17)34-25)24(29)26-14-16-7-6-10-33-16/h11-12,16H,4-10,13-14H2,1-3H3,(H,26,29)(H,27,28)/t16-/m1/s1. The number of aryl methyl sites for hydroxylation is 1. The molecule has 1 saturated heterocycles. The minimum absolute atomic E-state index is 0.0662. The molecule has 1 atom stereocenters. The first-order chi connectivity index (χ1) is 16.5. The maximum absolute atomic E-state index is 13.2. The number of hydrogen-bond donors (Lipinski definition) is 2. The average molecular weight is 489 g/mol. The van der Waals surface area contributed by atoms with E-state index in [4.69, 9.17) is 18.9 Å². The minimum Gasteiger partial charge on any atom is -0.493 e. The Morgan fingerprint density at radius 1 is 1.06 bits per heavy atom. The van der Waals surface area contributed by atoms with Gasteiger partial charge in [0.2, 0.25) is 11.7 Å². The van der Waals surface area contributed by atoms with E-state index >= 15 is 0 Å². The van der Waals surface area contributed by atoms with Crippen molar-refractivity contribution in [2.45, 2.75) is 51.0 Å². The van der Waals surface area contributed by atoms with Crippen molar-refractivity contribution < 1.29 is 28.5 Å². The number of benzene rings is 1. The first-order valence-corrected chi connectivity index (χ1v) is 12.5. The minimum atomic E-state index is -0.207. The Morgan fingerprint density at radius 2 is 1.79 bits per heavy atom. The Labute approximate surface area is 203 Å². The van der Waals surface area contributed by atoms with Crippen LogP contribution in [0.4, 0.5) is 5.00 Å². The number of carbonyl (C=O) groups excluding carboxylic acids is 2. The molecule has 2 heterocycles. The second kappa shape index (κ2) is 11.1. The Kier molecular flexibility index (Phi) is 7.95. The van der Waals surface area contributed by atoms with Crippen LogP contribution < -0.4 is 24.8 Å². The van der Waals surface area contributed by atoms with Crippen molar-refractivity contribution >= 4 is 28.2 Å². The molecular formula is C25H32N2O6S. The van der Waals surface area contributed by atoms with E-state index in [2.05, 4.69) is 10.6 Å². The van der Waals surface area contributed by atoms with E-state index in [1.54, 1.807) is 26.4 Å². The van der Waals surface area contributed by atoms with Crippen LogP contribution in [0.3, 0.4) is 0 Å². The third-order valence-electron chi connectivity index (χ3n) is 6.25. The first-order valence-electron chi connectivity index (χ1n) is 11.7. The zero-order chi connectivity index (χ0) is 24.1. The van der Waals surface area contributed by atoms with Crippen molar-refractivity contribution in [1.29, 1.82) is 0 Å². The van der Waals surface area contributed by atoms with Crippen LogP contribution in [-0.4, -0.2) is 52.4 Å². The molecule has 34 heavy (non-hydrogen) atoms. The molecule has 2 amide bonds. The SMILES string of the molecule is COc1cc(CC(=O)Nc2sc3c(c2C(=O)NC[C@H]2CCCO2)CCCC3)cc(OC)c1OC. The van der Waals surface area contributed by atoms with Gasteiger partial charge >= 0.3 is 0 Å². The summed E-state index contributed by atoms with van der Waals surface area (Å²) in [6.45, 7) is 1.24. The summed E-state index contributed by atoms with van der Waals surface area (Å²) in [6.07, 6.45) is 6.11. The van der Waals surface area contributed by atoms with Gasteiger partial charge in [0, 0.05) is 18.0 Å². The third kappa shape index (κ3) is 5.31. The van der Waals surface area contributed by atoms with Gasteiger partial charge in [0.05, 0.1) is 39.4 Å². The molecule has 1 aliphatic carbocycles. The van der Waals surface area contributed by atoms with Crippen molar-refractivity contribution in [3.05, 3.63) is 33.7 Å². The number of thiophene rings is 1. The largest absolute Gasteiger partial charge is 0.493 e. The fraction of sp³-hybridized carbons (Fsp3) is 0.520. The molecule has 0 spiro atoms. The lowest BCUT2D eigenvalue weighted by molar-refractivity contribution is -0.115. The maximum atomic E-state index is 13.2. The van der Waals surface area contributed by atoms with Gasteiger partial charge in [-0.3, -0.25) is 9.59 Å². The third-order valence-corrected chi connectivity index (χ3v) is 7.46. The molecule has 0 unspecified atom stereocenters. The Hall–Kier alpha value is -2.78. The molecule has 2 N–H and O–H groups in total. The van der Waals surface area contributed by atoms with E-state index in [0.29, 0.717) is 34.4 Å².